The highest BCUT2D eigenvalue weighted by molar-refractivity contribution is 6.57. The Morgan fingerprint density at radius 3 is 2.33 bits per heavy atom. The highest BCUT2D eigenvalue weighted by atomic mass is 35.5. The second-order valence-electron chi connectivity index (χ2n) is 1.50. The summed E-state index contributed by atoms with van der Waals surface area (Å²) in [4.78, 5) is 10.4. The molecule has 2 N–H and O–H groups in total. The summed E-state index contributed by atoms with van der Waals surface area (Å²) >= 11 is 10.7. The maximum atomic E-state index is 10.4. The minimum atomic E-state index is -1.51. The largest absolute Gasteiger partial charge is 0.289 e. The molecule has 0 atom stereocenters. The molecule has 0 aliphatic carbocycles. The summed E-state index contributed by atoms with van der Waals surface area (Å²) in [7, 11) is 0. The van der Waals surface area contributed by atoms with Crippen molar-refractivity contribution in [3.05, 3.63) is 0 Å². The minimum absolute atomic E-state index is 0.252. The van der Waals surface area contributed by atoms with Gasteiger partial charge in [0.05, 0.1) is 0 Å². The molecular formula is C4H7Cl2NO2. The maximum Gasteiger partial charge on any atom is 0.279 e. The SMILES string of the molecule is CCC(Cl)(Cl)C(=O)NO. The molecule has 0 aliphatic rings. The zero-order chi connectivity index (χ0) is 7.49. The van der Waals surface area contributed by atoms with E-state index in [0.717, 1.165) is 0 Å². The van der Waals surface area contributed by atoms with E-state index >= 15 is 0 Å². The Morgan fingerprint density at radius 1 is 1.78 bits per heavy atom. The van der Waals surface area contributed by atoms with Gasteiger partial charge in [0.2, 0.25) is 0 Å². The summed E-state index contributed by atoms with van der Waals surface area (Å²) < 4.78 is -1.51. The number of nitrogens with one attached hydrogen (secondary N) is 1. The van der Waals surface area contributed by atoms with Gasteiger partial charge in [0.25, 0.3) is 5.91 Å². The van der Waals surface area contributed by atoms with Crippen molar-refractivity contribution in [1.82, 2.24) is 5.48 Å². The monoisotopic (exact) mass is 171 g/mol. The molecule has 0 rings (SSSR count). The Hall–Kier alpha value is 0.01000. The molecule has 3 nitrogen and oxygen atoms in total. The van der Waals surface area contributed by atoms with E-state index in [-0.39, 0.29) is 6.42 Å². The van der Waals surface area contributed by atoms with Crippen molar-refractivity contribution in [2.45, 2.75) is 17.7 Å². The highest BCUT2D eigenvalue weighted by Gasteiger charge is 2.30. The van der Waals surface area contributed by atoms with Crippen molar-refractivity contribution in [3.8, 4) is 0 Å². The number of carbonyl (C=O) groups is 1. The topological polar surface area (TPSA) is 49.3 Å². The first-order chi connectivity index (χ1) is 4.04. The molecule has 54 valence electrons. The van der Waals surface area contributed by atoms with Crippen molar-refractivity contribution in [1.29, 1.82) is 0 Å². The Kier molecular flexibility index (Phi) is 3.25. The normalized spacial score (nSPS) is 11.1. The number of rotatable bonds is 2. The van der Waals surface area contributed by atoms with Crippen LogP contribution in [-0.4, -0.2) is 15.4 Å². The van der Waals surface area contributed by atoms with Gasteiger partial charge in [-0.15, -0.1) is 0 Å². The average Bonchev–Trinajstić information content (AvgIpc) is 1.86. The average molecular weight is 172 g/mol. The van der Waals surface area contributed by atoms with Gasteiger partial charge in [-0.25, -0.2) is 5.48 Å². The lowest BCUT2D eigenvalue weighted by Gasteiger charge is -2.12. The third-order valence-electron chi connectivity index (χ3n) is 0.878. The standard InChI is InChI=1S/C4H7Cl2NO2/c1-2-4(5,6)3(8)7-9/h9H,2H2,1H3,(H,7,8). The Bertz CT molecular complexity index is 115. The van der Waals surface area contributed by atoms with Crippen LogP contribution in [0, 0.1) is 0 Å². The lowest BCUT2D eigenvalue weighted by molar-refractivity contribution is -0.129. The quantitative estimate of drug-likeness (QED) is 0.372. The van der Waals surface area contributed by atoms with Crippen molar-refractivity contribution in [3.63, 3.8) is 0 Å². The van der Waals surface area contributed by atoms with Crippen LogP contribution < -0.4 is 5.48 Å². The van der Waals surface area contributed by atoms with Gasteiger partial charge in [0, 0.05) is 0 Å². The van der Waals surface area contributed by atoms with Gasteiger partial charge in [-0.3, -0.25) is 10.0 Å². The lowest BCUT2D eigenvalue weighted by atomic mass is 10.3. The number of carbonyl (C=O) groups excluding carboxylic acids is 1. The number of amides is 1. The van der Waals surface area contributed by atoms with Crippen molar-refractivity contribution >= 4 is 29.1 Å². The van der Waals surface area contributed by atoms with Gasteiger partial charge >= 0.3 is 0 Å². The molecular weight excluding hydrogens is 165 g/mol. The first kappa shape index (κ1) is 9.01. The van der Waals surface area contributed by atoms with Crippen LogP contribution in [0.25, 0.3) is 0 Å². The number of hydrogen-bond acceptors (Lipinski definition) is 2. The number of alkyl halides is 2. The molecule has 0 fully saturated rings. The van der Waals surface area contributed by atoms with Crippen LogP contribution in [0.2, 0.25) is 0 Å². The van der Waals surface area contributed by atoms with Crippen LogP contribution >= 0.6 is 23.2 Å². The summed E-state index contributed by atoms with van der Waals surface area (Å²) in [5, 5.41) is 8.03. The van der Waals surface area contributed by atoms with E-state index in [2.05, 4.69) is 0 Å². The zero-order valence-electron chi connectivity index (χ0n) is 4.82. The van der Waals surface area contributed by atoms with Crippen LogP contribution in [-0.2, 0) is 4.79 Å². The predicted octanol–water partition coefficient (Wildman–Crippen LogP) is 1.08. The van der Waals surface area contributed by atoms with Crippen LogP contribution in [0.4, 0.5) is 0 Å². The molecule has 0 radical (unpaired) electrons. The van der Waals surface area contributed by atoms with Crippen LogP contribution in [0.3, 0.4) is 0 Å². The number of halogens is 2. The van der Waals surface area contributed by atoms with Gasteiger partial charge in [-0.1, -0.05) is 30.1 Å². The molecule has 0 unspecified atom stereocenters. The summed E-state index contributed by atoms with van der Waals surface area (Å²) in [6.07, 6.45) is 0.252. The van der Waals surface area contributed by atoms with E-state index < -0.39 is 10.2 Å². The number of hydrogen-bond donors (Lipinski definition) is 2. The van der Waals surface area contributed by atoms with E-state index in [0.29, 0.717) is 0 Å². The second kappa shape index (κ2) is 3.25. The van der Waals surface area contributed by atoms with E-state index in [1.54, 1.807) is 6.92 Å². The Morgan fingerprint density at radius 2 is 2.22 bits per heavy atom. The third kappa shape index (κ3) is 2.39. The molecule has 0 spiro atoms. The smallest absolute Gasteiger partial charge is 0.279 e. The summed E-state index contributed by atoms with van der Waals surface area (Å²) in [6.45, 7) is 1.63. The zero-order valence-corrected chi connectivity index (χ0v) is 6.33. The second-order valence-corrected chi connectivity index (χ2v) is 2.98. The fourth-order valence-electron chi connectivity index (χ4n) is 0.242. The molecule has 9 heavy (non-hydrogen) atoms. The molecule has 0 aromatic rings. The molecule has 0 saturated carbocycles. The summed E-state index contributed by atoms with van der Waals surface area (Å²) in [5.74, 6) is -0.798. The molecule has 1 amide bonds. The van der Waals surface area contributed by atoms with Gasteiger partial charge in [-0.05, 0) is 6.42 Å². The maximum absolute atomic E-state index is 10.4. The molecule has 0 aromatic heterocycles. The van der Waals surface area contributed by atoms with Crippen LogP contribution in [0.5, 0.6) is 0 Å². The molecule has 0 aliphatic heterocycles. The first-order valence-electron chi connectivity index (χ1n) is 2.37. The molecule has 0 heterocycles. The summed E-state index contributed by atoms with van der Waals surface area (Å²) in [5.41, 5.74) is 1.35. The molecule has 0 saturated heterocycles. The van der Waals surface area contributed by atoms with Crippen LogP contribution in [0.15, 0.2) is 0 Å². The highest BCUT2D eigenvalue weighted by Crippen LogP contribution is 2.24. The van der Waals surface area contributed by atoms with E-state index in [4.69, 9.17) is 28.4 Å². The van der Waals surface area contributed by atoms with Gasteiger partial charge < -0.3 is 0 Å². The number of hydroxylamine groups is 1. The van der Waals surface area contributed by atoms with Gasteiger partial charge in [-0.2, -0.15) is 0 Å². The van der Waals surface area contributed by atoms with E-state index in [9.17, 15) is 4.79 Å². The fraction of sp³-hybridized carbons (Fsp3) is 0.750. The minimum Gasteiger partial charge on any atom is -0.289 e. The third-order valence-corrected chi connectivity index (χ3v) is 1.76. The fourth-order valence-corrected chi connectivity index (χ4v) is 0.327. The lowest BCUT2D eigenvalue weighted by Crippen LogP contribution is -2.35. The first-order valence-corrected chi connectivity index (χ1v) is 3.12. The van der Waals surface area contributed by atoms with E-state index in [1.807, 2.05) is 0 Å². The molecule has 5 heteroatoms. The van der Waals surface area contributed by atoms with Crippen LogP contribution in [0.1, 0.15) is 13.3 Å². The van der Waals surface area contributed by atoms with Crippen molar-refractivity contribution < 1.29 is 10.0 Å². The molecule has 0 aromatic carbocycles. The van der Waals surface area contributed by atoms with Gasteiger partial charge in [0.1, 0.15) is 0 Å². The summed E-state index contributed by atoms with van der Waals surface area (Å²) in [6, 6.07) is 0. The van der Waals surface area contributed by atoms with E-state index in [1.165, 1.54) is 5.48 Å². The van der Waals surface area contributed by atoms with Crippen molar-refractivity contribution in [2.75, 3.05) is 0 Å². The van der Waals surface area contributed by atoms with Gasteiger partial charge in [0.15, 0.2) is 4.33 Å². The Labute approximate surface area is 62.9 Å². The van der Waals surface area contributed by atoms with Crippen molar-refractivity contribution in [2.24, 2.45) is 0 Å². The molecule has 0 bridgehead atoms. The Balaban J connectivity index is 3.97. The predicted molar refractivity (Wildman–Crippen MR) is 34.7 cm³/mol.